The van der Waals surface area contributed by atoms with Gasteiger partial charge >= 0.3 is 60.3 Å². The number of nitrogens with zero attached hydrogens (tertiary/aromatic N) is 3. The number of unbranched alkanes of at least 4 members (excludes halogenated alkanes) is 9. The number of alkyl halides is 9. The molecule has 0 saturated carbocycles. The summed E-state index contributed by atoms with van der Waals surface area (Å²) in [5, 5.41) is 29.2. The molecule has 8 N–H and O–H groups in total. The minimum Gasteiger partial charge on any atom is -0.481 e. The van der Waals surface area contributed by atoms with Crippen LogP contribution >= 0.6 is 0 Å². The second-order valence-electron chi connectivity index (χ2n) is 33.6. The molecule has 15 atom stereocenters. The van der Waals surface area contributed by atoms with Crippen molar-refractivity contribution in [1.82, 2.24) is 36.2 Å². The number of nitrogens with one attached hydrogen (secondary N) is 7. The SMILES string of the molecule is CC(=O)O[C@@H]1[C@@H](Nc2cccc(C(F)(F)F)n2)[C@H]2OC[C@](COCCCCCCNC(=O)CCOCC(COCCC(=O)NCCCCCCOC[C@@]34CO[C@@H](O3)[C@H](Nc3cccc(C(F)(F)F)n3)[C@@H](OC(C)=O)[C@H]4OC(C)=O)(COCCC(=O)NCCCCCCOC[C@@]34CO[C@@H](O3)[C@H](Nc3cccc(C(F)(F)F)n3)[C@@H](OC(C)=O)[C@H]4OC(C)=O)NC(=O)CCCC(=O)O)(O2)[C@@H]1OC(C)=O. The van der Waals surface area contributed by atoms with E-state index < -0.39 is 197 Å². The number of aromatic nitrogens is 3. The van der Waals surface area contributed by atoms with E-state index in [1.807, 2.05) is 0 Å². The Hall–Kier alpha value is -10.1. The fourth-order valence-corrected chi connectivity index (χ4v) is 16.0. The van der Waals surface area contributed by atoms with Crippen molar-refractivity contribution in [2.75, 3.05) is 135 Å². The van der Waals surface area contributed by atoms with Crippen molar-refractivity contribution in [3.63, 3.8) is 0 Å². The molecule has 0 spiro atoms. The van der Waals surface area contributed by atoms with Crippen molar-refractivity contribution in [3.8, 4) is 0 Å². The average Bonchev–Trinajstić information content (AvgIpc) is 1.59. The number of carboxylic acid groups (broad SMARTS) is 1. The van der Waals surface area contributed by atoms with Crippen LogP contribution in [0.15, 0.2) is 54.6 Å². The zero-order valence-corrected chi connectivity index (χ0v) is 76.1. The molecule has 760 valence electrons. The third-order valence-electron chi connectivity index (χ3n) is 22.2. The van der Waals surface area contributed by atoms with Gasteiger partial charge in [0.15, 0.2) is 72.3 Å². The average molecular weight is 1960 g/mol. The van der Waals surface area contributed by atoms with E-state index in [9.17, 15) is 97.4 Å². The van der Waals surface area contributed by atoms with Gasteiger partial charge in [0.1, 0.15) is 58.2 Å². The number of carbonyl (C=O) groups excluding carboxylic acids is 10. The lowest BCUT2D eigenvalue weighted by atomic mass is 9.87. The number of amides is 4. The number of carbonyl (C=O) groups is 11. The third-order valence-corrected chi connectivity index (χ3v) is 22.2. The van der Waals surface area contributed by atoms with Crippen LogP contribution in [0.3, 0.4) is 0 Å². The molecule has 40 nitrogen and oxygen atoms in total. The van der Waals surface area contributed by atoms with Crippen LogP contribution in [0.25, 0.3) is 0 Å². The molecule has 0 unspecified atom stereocenters. The Morgan fingerprint density at radius 2 is 0.647 bits per heavy atom. The van der Waals surface area contributed by atoms with E-state index in [0.717, 1.165) is 77.9 Å². The molecule has 49 heteroatoms. The number of hydrogen-bond donors (Lipinski definition) is 8. The summed E-state index contributed by atoms with van der Waals surface area (Å²) in [6.45, 7) is 5.12. The maximum atomic E-state index is 13.7. The second-order valence-corrected chi connectivity index (χ2v) is 33.6. The van der Waals surface area contributed by atoms with Gasteiger partial charge in [-0.25, -0.2) is 15.0 Å². The Morgan fingerprint density at radius 3 is 0.919 bits per heavy atom. The summed E-state index contributed by atoms with van der Waals surface area (Å²) in [4.78, 5) is 151. The van der Waals surface area contributed by atoms with Crippen molar-refractivity contribution >= 4 is 82.9 Å². The van der Waals surface area contributed by atoms with Gasteiger partial charge in [-0.05, 0) is 81.3 Å². The van der Waals surface area contributed by atoms with Gasteiger partial charge in [-0.1, -0.05) is 56.7 Å². The normalized spacial score (nSPS) is 24.4. The first-order chi connectivity index (χ1) is 64.6. The van der Waals surface area contributed by atoms with Crippen LogP contribution in [0, 0.1) is 0 Å². The number of halogens is 9. The number of fused-ring (bicyclic) bond motifs is 6. The molecule has 6 aliphatic rings. The summed E-state index contributed by atoms with van der Waals surface area (Å²) in [7, 11) is 0. The van der Waals surface area contributed by atoms with Crippen molar-refractivity contribution in [3.05, 3.63) is 71.7 Å². The number of carboxylic acids is 1. The van der Waals surface area contributed by atoms with Crippen LogP contribution in [0.4, 0.5) is 57.0 Å². The van der Waals surface area contributed by atoms with Crippen LogP contribution in [-0.4, -0.2) is 300 Å². The highest BCUT2D eigenvalue weighted by molar-refractivity contribution is 5.78. The van der Waals surface area contributed by atoms with Crippen molar-refractivity contribution in [2.45, 2.75) is 272 Å². The lowest BCUT2D eigenvalue weighted by molar-refractivity contribution is -0.244. The molecular weight excluding hydrogens is 1840 g/mol. The van der Waals surface area contributed by atoms with Gasteiger partial charge in [0.2, 0.25) is 23.6 Å². The summed E-state index contributed by atoms with van der Waals surface area (Å²) in [6, 6.07) is 5.94. The van der Waals surface area contributed by atoms with Gasteiger partial charge in [-0.2, -0.15) is 39.5 Å². The Bertz CT molecular complexity index is 4040. The monoisotopic (exact) mass is 1950 g/mol. The van der Waals surface area contributed by atoms with Crippen LogP contribution in [0.2, 0.25) is 0 Å². The minimum atomic E-state index is -4.78. The van der Waals surface area contributed by atoms with Gasteiger partial charge in [-0.15, -0.1) is 0 Å². The van der Waals surface area contributed by atoms with Crippen molar-refractivity contribution in [2.24, 2.45) is 0 Å². The molecular formula is C87H119F9N10O30. The highest BCUT2D eigenvalue weighted by Crippen LogP contribution is 2.46. The molecule has 9 rings (SSSR count). The fourth-order valence-electron chi connectivity index (χ4n) is 16.0. The summed E-state index contributed by atoms with van der Waals surface area (Å²) >= 11 is 0. The Labute approximate surface area is 776 Å². The molecule has 3 aromatic rings. The number of anilines is 3. The van der Waals surface area contributed by atoms with E-state index in [0.29, 0.717) is 77.0 Å². The number of rotatable bonds is 59. The molecule has 0 aromatic carbocycles. The summed E-state index contributed by atoms with van der Waals surface area (Å²) in [6.07, 6.45) is -20.2. The third kappa shape index (κ3) is 33.9. The maximum absolute atomic E-state index is 13.7. The molecule has 6 fully saturated rings. The number of aliphatic carboxylic acids is 1. The summed E-state index contributed by atoms with van der Waals surface area (Å²) < 4.78 is 229. The standard InChI is InChI=1S/C87H119F9N10O30/c1-52(107)128-72-69(103-61-26-19-23-58(100-61)85(88,89)90)78-125-49-82(134-78,75(72)131-55(4)110)46-119-37-16-10-7-13-34-97-64(113)31-40-122-43-81(106-67(116)29-22-30-68(117)118,44-123-41-32-65(114)98-35-14-8-11-17-38-120-47-83-50-126-79(135-83)70(73(129-53(2)108)76(83)132-56(5)111)104-62-27-20-24-59(101-62)86(91,92)93)45-124-42-33-66(115)99-36-15-9-12-18-39-121-48-84-51-127-80(136-84)71(74(130-54(3)109)77(84)133-57(6)112)105-63-28-21-25-60(102-63)87(94,95)96/h19-21,23-28,69-80H,7-18,22,29-51H2,1-6H3,(H,97,113)(H,98,114)(H,99,115)(H,100,103)(H,101,104)(H,102,105)(H,106,116)(H,117,118)/t69-,70-,71-,72-,73-,74-,75-,76-,77-,78+,79+,80+,82+,83+,84+/m1/s1. The van der Waals surface area contributed by atoms with Gasteiger partial charge in [0.25, 0.3) is 0 Å². The first kappa shape index (κ1) is 110. The van der Waals surface area contributed by atoms with Gasteiger partial charge in [0, 0.05) is 113 Å². The molecule has 136 heavy (non-hydrogen) atoms. The minimum absolute atomic E-state index is 0.0591. The van der Waals surface area contributed by atoms with E-state index in [2.05, 4.69) is 52.2 Å². The summed E-state index contributed by atoms with van der Waals surface area (Å²) in [5.74, 6) is -8.41. The first-order valence-corrected chi connectivity index (χ1v) is 44.7. The fraction of sp³-hybridized carbons (Fsp3) is 0.701. The number of pyridine rings is 3. The zero-order chi connectivity index (χ0) is 98.9. The molecule has 6 bridgehead atoms. The maximum Gasteiger partial charge on any atom is 0.433 e. The molecule has 9 heterocycles. The van der Waals surface area contributed by atoms with Crippen LogP contribution in [-0.2, 0) is 157 Å². The van der Waals surface area contributed by atoms with E-state index in [1.54, 1.807) is 0 Å². The summed E-state index contributed by atoms with van der Waals surface area (Å²) in [5.41, 5.74) is -9.62. The number of hydrogen-bond acceptors (Lipinski definition) is 35. The lowest BCUT2D eigenvalue weighted by Gasteiger charge is -2.45. The topological polar surface area (TPSA) is 497 Å². The first-order valence-electron chi connectivity index (χ1n) is 44.7. The highest BCUT2D eigenvalue weighted by atomic mass is 19.4. The molecule has 6 aliphatic heterocycles. The largest absolute Gasteiger partial charge is 0.481 e. The molecule has 6 saturated heterocycles. The number of ether oxygens (including phenoxy) is 18. The molecule has 4 amide bonds. The van der Waals surface area contributed by atoms with E-state index >= 15 is 0 Å². The van der Waals surface area contributed by atoms with E-state index in [-0.39, 0.29) is 175 Å². The Morgan fingerprint density at radius 1 is 0.360 bits per heavy atom. The smallest absolute Gasteiger partial charge is 0.433 e. The predicted octanol–water partition coefficient (Wildman–Crippen LogP) is 7.05. The van der Waals surface area contributed by atoms with Crippen molar-refractivity contribution < 1.29 is 183 Å². The molecule has 3 aromatic heterocycles. The van der Waals surface area contributed by atoms with Gasteiger partial charge in [0.05, 0.1) is 79.3 Å². The predicted molar refractivity (Wildman–Crippen MR) is 449 cm³/mol. The van der Waals surface area contributed by atoms with Crippen LogP contribution in [0.5, 0.6) is 0 Å². The lowest BCUT2D eigenvalue weighted by Crippen LogP contribution is -2.66. The van der Waals surface area contributed by atoms with E-state index in [1.165, 1.54) is 18.2 Å². The highest BCUT2D eigenvalue weighted by Gasteiger charge is 2.67. The zero-order valence-electron chi connectivity index (χ0n) is 76.1. The quantitative estimate of drug-likeness (QED) is 0.0121. The number of esters is 6. The van der Waals surface area contributed by atoms with Gasteiger partial charge < -0.3 is 128 Å². The Kier molecular flexibility index (Phi) is 41.9. The van der Waals surface area contributed by atoms with E-state index in [4.69, 9.17) is 85.3 Å². The molecule has 0 aliphatic carbocycles. The second kappa shape index (κ2) is 52.1. The van der Waals surface area contributed by atoms with Crippen molar-refractivity contribution in [1.29, 1.82) is 0 Å². The van der Waals surface area contributed by atoms with Crippen LogP contribution in [0.1, 0.15) is 174 Å². The van der Waals surface area contributed by atoms with Crippen LogP contribution < -0.4 is 37.2 Å². The van der Waals surface area contributed by atoms with Gasteiger partial charge in [-0.3, -0.25) is 52.7 Å². The Balaban J connectivity index is 0.725. The molecule has 0 radical (unpaired) electrons.